The predicted molar refractivity (Wildman–Crippen MR) is 53.6 cm³/mol. The standard InChI is InChI=1S/C9H15BrF3N/c1-6-2-3-7(10)8(4-6)14-5-9(11,12)13/h6-8,14H,2-5H2,1H3. The second-order valence-corrected chi connectivity index (χ2v) is 5.21. The molecule has 1 saturated carbocycles. The van der Waals surface area contributed by atoms with E-state index in [0.29, 0.717) is 5.92 Å². The van der Waals surface area contributed by atoms with Gasteiger partial charge in [0.15, 0.2) is 0 Å². The first-order valence-corrected chi connectivity index (χ1v) is 5.74. The Morgan fingerprint density at radius 1 is 1.36 bits per heavy atom. The molecule has 1 fully saturated rings. The highest BCUT2D eigenvalue weighted by atomic mass is 79.9. The summed E-state index contributed by atoms with van der Waals surface area (Å²) in [5.74, 6) is 0.523. The first-order chi connectivity index (χ1) is 6.38. The van der Waals surface area contributed by atoms with Crippen molar-refractivity contribution in [1.29, 1.82) is 0 Å². The summed E-state index contributed by atoms with van der Waals surface area (Å²) >= 11 is 3.42. The van der Waals surface area contributed by atoms with Crippen molar-refractivity contribution in [2.24, 2.45) is 5.92 Å². The molecule has 0 saturated heterocycles. The molecule has 0 amide bonds. The van der Waals surface area contributed by atoms with Gasteiger partial charge in [0.2, 0.25) is 0 Å². The van der Waals surface area contributed by atoms with Crippen molar-refractivity contribution in [3.8, 4) is 0 Å². The van der Waals surface area contributed by atoms with Crippen molar-refractivity contribution in [3.05, 3.63) is 0 Å². The molecule has 1 nitrogen and oxygen atoms in total. The molecule has 0 heterocycles. The van der Waals surface area contributed by atoms with Gasteiger partial charge in [-0.3, -0.25) is 0 Å². The van der Waals surface area contributed by atoms with Crippen molar-refractivity contribution >= 4 is 15.9 Å². The normalized spacial score (nSPS) is 34.5. The van der Waals surface area contributed by atoms with Crippen LogP contribution in [0.1, 0.15) is 26.2 Å². The third kappa shape index (κ3) is 4.17. The van der Waals surface area contributed by atoms with Crippen molar-refractivity contribution < 1.29 is 13.2 Å². The molecule has 1 N–H and O–H groups in total. The minimum absolute atomic E-state index is 0.0413. The molecule has 1 rings (SSSR count). The summed E-state index contributed by atoms with van der Waals surface area (Å²) in [7, 11) is 0. The molecule has 3 atom stereocenters. The van der Waals surface area contributed by atoms with Gasteiger partial charge in [-0.25, -0.2) is 0 Å². The molecule has 3 unspecified atom stereocenters. The van der Waals surface area contributed by atoms with Crippen LogP contribution in [-0.4, -0.2) is 23.6 Å². The average molecular weight is 274 g/mol. The van der Waals surface area contributed by atoms with Gasteiger partial charge in [-0.15, -0.1) is 0 Å². The minimum atomic E-state index is -4.10. The smallest absolute Gasteiger partial charge is 0.305 e. The highest BCUT2D eigenvalue weighted by Crippen LogP contribution is 2.29. The van der Waals surface area contributed by atoms with Gasteiger partial charge in [-0.05, 0) is 25.2 Å². The van der Waals surface area contributed by atoms with Gasteiger partial charge in [0.05, 0.1) is 6.54 Å². The lowest BCUT2D eigenvalue weighted by Gasteiger charge is -2.32. The lowest BCUT2D eigenvalue weighted by molar-refractivity contribution is -0.126. The molecule has 0 bridgehead atoms. The van der Waals surface area contributed by atoms with Gasteiger partial charge in [0, 0.05) is 10.9 Å². The number of hydrogen-bond donors (Lipinski definition) is 1. The highest BCUT2D eigenvalue weighted by Gasteiger charge is 2.32. The maximum Gasteiger partial charge on any atom is 0.401 e. The van der Waals surface area contributed by atoms with Gasteiger partial charge in [0.25, 0.3) is 0 Å². The topological polar surface area (TPSA) is 12.0 Å². The maximum absolute atomic E-state index is 12.0. The molecule has 5 heteroatoms. The first kappa shape index (κ1) is 12.3. The molecule has 1 aliphatic carbocycles. The summed E-state index contributed by atoms with van der Waals surface area (Å²) in [5, 5.41) is 2.57. The lowest BCUT2D eigenvalue weighted by atomic mass is 9.87. The maximum atomic E-state index is 12.0. The molecule has 14 heavy (non-hydrogen) atoms. The zero-order valence-electron chi connectivity index (χ0n) is 8.07. The fourth-order valence-electron chi connectivity index (χ4n) is 1.80. The Kier molecular flexibility index (Phi) is 4.25. The Morgan fingerprint density at radius 2 is 2.00 bits per heavy atom. The Labute approximate surface area is 90.6 Å². The Hall–Kier alpha value is 0.230. The number of rotatable bonds is 2. The average Bonchev–Trinajstić information content (AvgIpc) is 2.05. The Balaban J connectivity index is 2.35. The van der Waals surface area contributed by atoms with Crippen molar-refractivity contribution in [1.82, 2.24) is 5.32 Å². The summed E-state index contributed by atoms with van der Waals surface area (Å²) < 4.78 is 35.9. The van der Waals surface area contributed by atoms with E-state index in [2.05, 4.69) is 28.2 Å². The molecule has 0 aliphatic heterocycles. The summed E-state index contributed by atoms with van der Waals surface area (Å²) in [4.78, 5) is 0.182. The van der Waals surface area contributed by atoms with Gasteiger partial charge in [-0.2, -0.15) is 13.2 Å². The number of nitrogens with one attached hydrogen (secondary N) is 1. The van der Waals surface area contributed by atoms with Crippen LogP contribution < -0.4 is 5.32 Å². The lowest BCUT2D eigenvalue weighted by Crippen LogP contribution is -2.45. The predicted octanol–water partition coefficient (Wildman–Crippen LogP) is 3.09. The van der Waals surface area contributed by atoms with E-state index in [-0.39, 0.29) is 10.9 Å². The molecule has 0 aromatic heterocycles. The molecule has 0 radical (unpaired) electrons. The number of alkyl halides is 4. The van der Waals surface area contributed by atoms with Crippen molar-refractivity contribution in [2.45, 2.75) is 43.2 Å². The SMILES string of the molecule is CC1CCC(Br)C(NCC(F)(F)F)C1. The van der Waals surface area contributed by atoms with Crippen LogP contribution in [0.3, 0.4) is 0 Å². The Bertz CT molecular complexity index is 183. The molecule has 0 aromatic carbocycles. The van der Waals surface area contributed by atoms with Crippen LogP contribution in [0.2, 0.25) is 0 Å². The minimum Gasteiger partial charge on any atom is -0.305 e. The quantitative estimate of drug-likeness (QED) is 0.763. The fourth-order valence-corrected chi connectivity index (χ4v) is 2.47. The zero-order valence-corrected chi connectivity index (χ0v) is 9.66. The number of halogens is 4. The summed E-state index contributed by atoms with van der Waals surface area (Å²) in [6, 6.07) is -0.0413. The van der Waals surface area contributed by atoms with E-state index >= 15 is 0 Å². The summed E-state index contributed by atoms with van der Waals surface area (Å²) in [6.07, 6.45) is -1.23. The molecule has 0 spiro atoms. The van der Waals surface area contributed by atoms with E-state index in [1.54, 1.807) is 0 Å². The van der Waals surface area contributed by atoms with Gasteiger partial charge >= 0.3 is 6.18 Å². The van der Waals surface area contributed by atoms with Gasteiger partial charge in [-0.1, -0.05) is 22.9 Å². The van der Waals surface area contributed by atoms with Gasteiger partial charge in [0.1, 0.15) is 0 Å². The summed E-state index contributed by atoms with van der Waals surface area (Å²) in [5.41, 5.74) is 0. The van der Waals surface area contributed by atoms with Crippen LogP contribution in [0.5, 0.6) is 0 Å². The fraction of sp³-hybridized carbons (Fsp3) is 1.00. The van der Waals surface area contributed by atoms with Crippen molar-refractivity contribution in [3.63, 3.8) is 0 Å². The molecular weight excluding hydrogens is 259 g/mol. The molecule has 0 aromatic rings. The number of hydrogen-bond acceptors (Lipinski definition) is 1. The van der Waals surface area contributed by atoms with E-state index in [0.717, 1.165) is 19.3 Å². The van der Waals surface area contributed by atoms with Crippen molar-refractivity contribution in [2.75, 3.05) is 6.54 Å². The van der Waals surface area contributed by atoms with E-state index in [1.807, 2.05) is 0 Å². The van der Waals surface area contributed by atoms with Crippen LogP contribution in [0.25, 0.3) is 0 Å². The van der Waals surface area contributed by atoms with Crippen LogP contribution >= 0.6 is 15.9 Å². The third-order valence-corrected chi connectivity index (χ3v) is 3.69. The largest absolute Gasteiger partial charge is 0.401 e. The van der Waals surface area contributed by atoms with E-state index < -0.39 is 12.7 Å². The summed E-state index contributed by atoms with van der Waals surface area (Å²) in [6.45, 7) is 1.20. The Morgan fingerprint density at radius 3 is 2.57 bits per heavy atom. The highest BCUT2D eigenvalue weighted by molar-refractivity contribution is 9.09. The monoisotopic (exact) mass is 273 g/mol. The molecular formula is C9H15BrF3N. The third-order valence-electron chi connectivity index (χ3n) is 2.59. The van der Waals surface area contributed by atoms with Crippen LogP contribution in [0, 0.1) is 5.92 Å². The van der Waals surface area contributed by atoms with Crippen LogP contribution in [0.4, 0.5) is 13.2 Å². The van der Waals surface area contributed by atoms with E-state index in [4.69, 9.17) is 0 Å². The molecule has 84 valence electrons. The molecule has 1 aliphatic rings. The van der Waals surface area contributed by atoms with Crippen LogP contribution in [-0.2, 0) is 0 Å². The zero-order chi connectivity index (χ0) is 10.8. The second kappa shape index (κ2) is 4.84. The van der Waals surface area contributed by atoms with Gasteiger partial charge < -0.3 is 5.32 Å². The second-order valence-electron chi connectivity index (χ2n) is 4.04. The van der Waals surface area contributed by atoms with E-state index in [1.165, 1.54) is 0 Å². The first-order valence-electron chi connectivity index (χ1n) is 4.82. The van der Waals surface area contributed by atoms with Crippen LogP contribution in [0.15, 0.2) is 0 Å². The van der Waals surface area contributed by atoms with E-state index in [9.17, 15) is 13.2 Å².